The Kier molecular flexibility index (Phi) is 5.84. The van der Waals surface area contributed by atoms with Crippen LogP contribution in [0.2, 0.25) is 5.02 Å². The number of ether oxygens (including phenoxy) is 2. The van der Waals surface area contributed by atoms with Crippen LogP contribution in [0.1, 0.15) is 18.2 Å². The van der Waals surface area contributed by atoms with Gasteiger partial charge in [0, 0.05) is 23.2 Å². The summed E-state index contributed by atoms with van der Waals surface area (Å²) in [6.07, 6.45) is 0. The van der Waals surface area contributed by atoms with Gasteiger partial charge in [-0.15, -0.1) is 0 Å². The number of nitrogens with zero attached hydrogens (tertiary/aromatic N) is 1. The normalized spacial score (nSPS) is 10.4. The summed E-state index contributed by atoms with van der Waals surface area (Å²) < 4.78 is 11.0. The Hall–Kier alpha value is -1.78. The van der Waals surface area contributed by atoms with E-state index in [4.69, 9.17) is 21.1 Å². The average molecular weight is 307 g/mol. The van der Waals surface area contributed by atoms with Crippen LogP contribution in [0.25, 0.3) is 0 Å². The van der Waals surface area contributed by atoms with Crippen LogP contribution in [0.4, 0.5) is 0 Å². The van der Waals surface area contributed by atoms with Gasteiger partial charge < -0.3 is 14.8 Å². The first kappa shape index (κ1) is 15.6. The third-order valence-corrected chi connectivity index (χ3v) is 3.19. The second kappa shape index (κ2) is 7.86. The van der Waals surface area contributed by atoms with Gasteiger partial charge in [-0.2, -0.15) is 0 Å². The molecule has 0 radical (unpaired) electrons. The van der Waals surface area contributed by atoms with Crippen molar-refractivity contribution in [3.63, 3.8) is 0 Å². The number of benzene rings is 1. The zero-order valence-corrected chi connectivity index (χ0v) is 13.0. The van der Waals surface area contributed by atoms with Crippen molar-refractivity contribution in [2.24, 2.45) is 0 Å². The molecule has 0 aliphatic carbocycles. The number of methoxy groups -OCH3 is 1. The van der Waals surface area contributed by atoms with E-state index in [1.807, 2.05) is 36.4 Å². The largest absolute Gasteiger partial charge is 0.487 e. The van der Waals surface area contributed by atoms with Crippen LogP contribution in [-0.4, -0.2) is 18.6 Å². The fourth-order valence-electron chi connectivity index (χ4n) is 1.89. The summed E-state index contributed by atoms with van der Waals surface area (Å²) in [5.74, 6) is 1.39. The SMILES string of the molecule is CCNCc1cc(Cl)ccc1OCc1cccc(OC)n1. The topological polar surface area (TPSA) is 43.4 Å². The molecule has 0 atom stereocenters. The summed E-state index contributed by atoms with van der Waals surface area (Å²) in [7, 11) is 1.60. The lowest BCUT2D eigenvalue weighted by Gasteiger charge is -2.12. The number of pyridine rings is 1. The van der Waals surface area contributed by atoms with Gasteiger partial charge in [-0.25, -0.2) is 4.98 Å². The minimum atomic E-state index is 0.387. The maximum atomic E-state index is 6.04. The van der Waals surface area contributed by atoms with Crippen molar-refractivity contribution in [1.29, 1.82) is 0 Å². The molecule has 0 aliphatic rings. The summed E-state index contributed by atoms with van der Waals surface area (Å²) in [4.78, 5) is 4.33. The van der Waals surface area contributed by atoms with Crippen LogP contribution in [0.15, 0.2) is 36.4 Å². The Morgan fingerprint density at radius 2 is 2.10 bits per heavy atom. The first-order valence-electron chi connectivity index (χ1n) is 6.84. The Labute approximate surface area is 130 Å². The van der Waals surface area contributed by atoms with E-state index in [9.17, 15) is 0 Å². The minimum Gasteiger partial charge on any atom is -0.487 e. The van der Waals surface area contributed by atoms with Crippen molar-refractivity contribution < 1.29 is 9.47 Å². The third kappa shape index (κ3) is 4.62. The van der Waals surface area contributed by atoms with E-state index in [2.05, 4.69) is 17.2 Å². The van der Waals surface area contributed by atoms with Crippen LogP contribution in [0.5, 0.6) is 11.6 Å². The lowest BCUT2D eigenvalue weighted by atomic mass is 10.2. The number of rotatable bonds is 7. The molecule has 0 unspecified atom stereocenters. The van der Waals surface area contributed by atoms with Crippen molar-refractivity contribution in [2.75, 3.05) is 13.7 Å². The Balaban J connectivity index is 2.07. The molecule has 112 valence electrons. The van der Waals surface area contributed by atoms with Crippen LogP contribution in [-0.2, 0) is 13.2 Å². The second-order valence-corrected chi connectivity index (χ2v) is 4.93. The predicted octanol–water partition coefficient (Wildman–Crippen LogP) is 3.43. The van der Waals surface area contributed by atoms with E-state index < -0.39 is 0 Å². The molecule has 0 spiro atoms. The fourth-order valence-corrected chi connectivity index (χ4v) is 2.08. The molecular formula is C16H19ClN2O2. The zero-order chi connectivity index (χ0) is 15.1. The molecule has 21 heavy (non-hydrogen) atoms. The summed E-state index contributed by atoms with van der Waals surface area (Å²) in [6, 6.07) is 11.2. The molecule has 1 aromatic heterocycles. The minimum absolute atomic E-state index is 0.387. The van der Waals surface area contributed by atoms with E-state index in [-0.39, 0.29) is 0 Å². The van der Waals surface area contributed by atoms with Gasteiger partial charge in [0.15, 0.2) is 0 Å². The maximum absolute atomic E-state index is 6.04. The molecule has 0 bridgehead atoms. The number of halogens is 1. The summed E-state index contributed by atoms with van der Waals surface area (Å²) in [5, 5.41) is 3.98. The fraction of sp³-hybridized carbons (Fsp3) is 0.312. The Morgan fingerprint density at radius 3 is 2.86 bits per heavy atom. The summed E-state index contributed by atoms with van der Waals surface area (Å²) in [6.45, 7) is 4.06. The monoisotopic (exact) mass is 306 g/mol. The van der Waals surface area contributed by atoms with Gasteiger partial charge in [-0.05, 0) is 30.8 Å². The van der Waals surface area contributed by atoms with E-state index in [1.54, 1.807) is 7.11 Å². The van der Waals surface area contributed by atoms with Gasteiger partial charge in [0.2, 0.25) is 5.88 Å². The highest BCUT2D eigenvalue weighted by Gasteiger charge is 2.06. The molecule has 1 aromatic carbocycles. The zero-order valence-electron chi connectivity index (χ0n) is 12.2. The van der Waals surface area contributed by atoms with Gasteiger partial charge in [0.25, 0.3) is 0 Å². The highest BCUT2D eigenvalue weighted by Crippen LogP contribution is 2.23. The van der Waals surface area contributed by atoms with Crippen molar-refractivity contribution in [2.45, 2.75) is 20.1 Å². The highest BCUT2D eigenvalue weighted by atomic mass is 35.5. The molecule has 0 saturated heterocycles. The Morgan fingerprint density at radius 1 is 1.24 bits per heavy atom. The number of nitrogens with one attached hydrogen (secondary N) is 1. The van der Waals surface area contributed by atoms with E-state index >= 15 is 0 Å². The summed E-state index contributed by atoms with van der Waals surface area (Å²) >= 11 is 6.04. The molecule has 2 rings (SSSR count). The molecule has 1 N–H and O–H groups in total. The first-order valence-corrected chi connectivity index (χ1v) is 7.22. The van der Waals surface area contributed by atoms with Crippen LogP contribution in [0.3, 0.4) is 0 Å². The molecule has 1 heterocycles. The number of aromatic nitrogens is 1. The van der Waals surface area contributed by atoms with Crippen LogP contribution < -0.4 is 14.8 Å². The van der Waals surface area contributed by atoms with Crippen LogP contribution >= 0.6 is 11.6 Å². The standard InChI is InChI=1S/C16H19ClN2O2/c1-3-18-10-12-9-13(17)7-8-15(12)21-11-14-5-4-6-16(19-14)20-2/h4-9,18H,3,10-11H2,1-2H3. The average Bonchev–Trinajstić information content (AvgIpc) is 2.52. The third-order valence-electron chi connectivity index (χ3n) is 2.95. The quantitative estimate of drug-likeness (QED) is 0.851. The van der Waals surface area contributed by atoms with E-state index in [0.29, 0.717) is 17.5 Å². The smallest absolute Gasteiger partial charge is 0.213 e. The lowest BCUT2D eigenvalue weighted by molar-refractivity contribution is 0.294. The van der Waals surface area contributed by atoms with Crippen molar-refractivity contribution >= 4 is 11.6 Å². The molecule has 0 aliphatic heterocycles. The van der Waals surface area contributed by atoms with Gasteiger partial charge in [-0.3, -0.25) is 0 Å². The van der Waals surface area contributed by atoms with Gasteiger partial charge in [0.05, 0.1) is 12.8 Å². The van der Waals surface area contributed by atoms with Crippen molar-refractivity contribution in [1.82, 2.24) is 10.3 Å². The van der Waals surface area contributed by atoms with Gasteiger partial charge >= 0.3 is 0 Å². The van der Waals surface area contributed by atoms with E-state index in [0.717, 1.165) is 30.1 Å². The lowest BCUT2D eigenvalue weighted by Crippen LogP contribution is -2.13. The number of hydrogen-bond donors (Lipinski definition) is 1. The van der Waals surface area contributed by atoms with Crippen molar-refractivity contribution in [3.05, 3.63) is 52.7 Å². The predicted molar refractivity (Wildman–Crippen MR) is 84.0 cm³/mol. The highest BCUT2D eigenvalue weighted by molar-refractivity contribution is 6.30. The molecule has 4 nitrogen and oxygen atoms in total. The molecule has 2 aromatic rings. The van der Waals surface area contributed by atoms with Crippen LogP contribution in [0, 0.1) is 0 Å². The number of hydrogen-bond acceptors (Lipinski definition) is 4. The van der Waals surface area contributed by atoms with E-state index in [1.165, 1.54) is 0 Å². The van der Waals surface area contributed by atoms with Gasteiger partial charge in [-0.1, -0.05) is 24.6 Å². The maximum Gasteiger partial charge on any atom is 0.213 e. The molecule has 0 fully saturated rings. The molecular weight excluding hydrogens is 288 g/mol. The molecule has 0 amide bonds. The Bertz CT molecular complexity index is 590. The summed E-state index contributed by atoms with van der Waals surface area (Å²) in [5.41, 5.74) is 1.85. The molecule has 5 heteroatoms. The first-order chi connectivity index (χ1) is 10.2. The molecule has 0 saturated carbocycles. The van der Waals surface area contributed by atoms with Crippen molar-refractivity contribution in [3.8, 4) is 11.6 Å². The van der Waals surface area contributed by atoms with Gasteiger partial charge in [0.1, 0.15) is 12.4 Å². The second-order valence-electron chi connectivity index (χ2n) is 4.49.